The molecule has 2 rings (SSSR count). The molecule has 0 aromatic carbocycles. The van der Waals surface area contributed by atoms with Crippen LogP contribution in [0.1, 0.15) is 78.6 Å². The van der Waals surface area contributed by atoms with E-state index in [1.165, 1.54) is 0 Å². The summed E-state index contributed by atoms with van der Waals surface area (Å²) in [6.07, 6.45) is 6.20. The number of carboxylic acids is 1. The number of nitrogens with zero attached hydrogens (tertiary/aromatic N) is 1. The van der Waals surface area contributed by atoms with Crippen LogP contribution in [0.3, 0.4) is 0 Å². The van der Waals surface area contributed by atoms with Crippen molar-refractivity contribution in [2.24, 2.45) is 0 Å². The van der Waals surface area contributed by atoms with Crippen molar-refractivity contribution in [2.45, 2.75) is 95.9 Å². The molecule has 0 radical (unpaired) electrons. The maximum Gasteiger partial charge on any atom is 0.413 e. The highest BCUT2D eigenvalue weighted by atomic mass is 16.6. The molecule has 0 aromatic heterocycles. The number of carboxylic acid groups (broad SMARTS) is 1. The van der Waals surface area contributed by atoms with Gasteiger partial charge in [0.1, 0.15) is 5.72 Å². The van der Waals surface area contributed by atoms with E-state index in [-0.39, 0.29) is 0 Å². The van der Waals surface area contributed by atoms with Crippen molar-refractivity contribution in [1.29, 1.82) is 0 Å². The van der Waals surface area contributed by atoms with E-state index in [2.05, 4.69) is 6.92 Å². The number of aliphatic carboxylic acids is 1. The summed E-state index contributed by atoms with van der Waals surface area (Å²) in [5.41, 5.74) is -1.08. The van der Waals surface area contributed by atoms with Gasteiger partial charge in [-0.25, -0.2) is 9.59 Å². The number of unbranched alkanes of at least 4 members (excludes halogenated alkanes) is 3. The molecule has 1 N–H and O–H groups in total. The monoisotopic (exact) mass is 341 g/mol. The van der Waals surface area contributed by atoms with Gasteiger partial charge in [-0.3, -0.25) is 4.90 Å². The van der Waals surface area contributed by atoms with Gasteiger partial charge in [0.05, 0.1) is 12.1 Å². The Hall–Kier alpha value is -1.30. The molecule has 1 aliphatic carbocycles. The van der Waals surface area contributed by atoms with Crippen LogP contribution in [0, 0.1) is 0 Å². The van der Waals surface area contributed by atoms with E-state index < -0.39 is 29.4 Å². The van der Waals surface area contributed by atoms with Gasteiger partial charge in [-0.2, -0.15) is 0 Å². The molecule has 1 saturated carbocycles. The van der Waals surface area contributed by atoms with Gasteiger partial charge in [-0.05, 0) is 52.4 Å². The molecular weight excluding hydrogens is 310 g/mol. The molecule has 2 fully saturated rings. The average molecular weight is 341 g/mol. The number of rotatable bonds is 7. The van der Waals surface area contributed by atoms with Crippen molar-refractivity contribution in [3.63, 3.8) is 0 Å². The Bertz CT molecular complexity index is 456. The number of carbonyl (C=O) groups is 2. The Morgan fingerprint density at radius 3 is 2.46 bits per heavy atom. The van der Waals surface area contributed by atoms with Crippen molar-refractivity contribution in [1.82, 2.24) is 4.90 Å². The van der Waals surface area contributed by atoms with Crippen molar-refractivity contribution < 1.29 is 24.2 Å². The third-order valence-corrected chi connectivity index (χ3v) is 5.11. The van der Waals surface area contributed by atoms with Crippen LogP contribution in [-0.2, 0) is 14.3 Å². The first-order chi connectivity index (χ1) is 11.3. The standard InChI is InChI=1S/C18H31NO5/c1-4-5-6-7-10-14(15(20)21)24-16(22)19-17(2,3)13-23-18(19)11-8-9-12-18/h14H,4-13H2,1-3H3,(H,20,21). The Morgan fingerprint density at radius 1 is 1.21 bits per heavy atom. The number of hydrogen-bond acceptors (Lipinski definition) is 4. The summed E-state index contributed by atoms with van der Waals surface area (Å²) in [6.45, 7) is 6.44. The molecule has 2 aliphatic rings. The molecule has 1 amide bonds. The summed E-state index contributed by atoms with van der Waals surface area (Å²) in [5.74, 6) is -1.07. The van der Waals surface area contributed by atoms with Gasteiger partial charge in [-0.15, -0.1) is 0 Å². The van der Waals surface area contributed by atoms with E-state index in [1.807, 2.05) is 13.8 Å². The number of ether oxygens (including phenoxy) is 2. The van der Waals surface area contributed by atoms with E-state index in [0.717, 1.165) is 51.4 Å². The summed E-state index contributed by atoms with van der Waals surface area (Å²) in [7, 11) is 0. The first kappa shape index (κ1) is 19.0. The SMILES string of the molecule is CCCCCCC(OC(=O)N1C(C)(C)COC12CCCC2)C(=O)O. The van der Waals surface area contributed by atoms with Crippen LogP contribution in [0.25, 0.3) is 0 Å². The fourth-order valence-corrected chi connectivity index (χ4v) is 3.86. The van der Waals surface area contributed by atoms with Crippen LogP contribution in [0.15, 0.2) is 0 Å². The van der Waals surface area contributed by atoms with Gasteiger partial charge in [0.15, 0.2) is 0 Å². The molecule has 0 aromatic rings. The average Bonchev–Trinajstić information content (AvgIpc) is 3.07. The lowest BCUT2D eigenvalue weighted by Crippen LogP contribution is -2.55. The third kappa shape index (κ3) is 4.02. The van der Waals surface area contributed by atoms with Crippen LogP contribution in [0.4, 0.5) is 4.79 Å². The summed E-state index contributed by atoms with van der Waals surface area (Å²) in [6, 6.07) is 0. The summed E-state index contributed by atoms with van der Waals surface area (Å²) in [4.78, 5) is 25.9. The smallest absolute Gasteiger partial charge is 0.413 e. The molecule has 1 aliphatic heterocycles. The molecule has 1 saturated heterocycles. The van der Waals surface area contributed by atoms with Crippen LogP contribution in [0.5, 0.6) is 0 Å². The van der Waals surface area contributed by atoms with E-state index in [0.29, 0.717) is 13.0 Å². The van der Waals surface area contributed by atoms with Gasteiger partial charge in [-0.1, -0.05) is 26.2 Å². The zero-order valence-corrected chi connectivity index (χ0v) is 15.2. The Balaban J connectivity index is 2.03. The normalized spacial score (nSPS) is 22.7. The van der Waals surface area contributed by atoms with Crippen molar-refractivity contribution in [2.75, 3.05) is 6.61 Å². The van der Waals surface area contributed by atoms with Gasteiger partial charge < -0.3 is 14.6 Å². The quantitative estimate of drug-likeness (QED) is 0.710. The lowest BCUT2D eigenvalue weighted by molar-refractivity contribution is -0.149. The predicted octanol–water partition coefficient (Wildman–Crippen LogP) is 3.93. The largest absolute Gasteiger partial charge is 0.479 e. The first-order valence-electron chi connectivity index (χ1n) is 9.20. The zero-order valence-electron chi connectivity index (χ0n) is 15.2. The van der Waals surface area contributed by atoms with Crippen molar-refractivity contribution in [3.05, 3.63) is 0 Å². The highest BCUT2D eigenvalue weighted by Gasteiger charge is 2.56. The fourth-order valence-electron chi connectivity index (χ4n) is 3.86. The molecular formula is C18H31NO5. The van der Waals surface area contributed by atoms with Crippen LogP contribution in [-0.4, -0.2) is 46.0 Å². The summed E-state index contributed by atoms with van der Waals surface area (Å²) in [5, 5.41) is 9.38. The second kappa shape index (κ2) is 7.72. The van der Waals surface area contributed by atoms with E-state index in [4.69, 9.17) is 9.47 Å². The molecule has 6 heteroatoms. The van der Waals surface area contributed by atoms with Crippen molar-refractivity contribution in [3.8, 4) is 0 Å². The number of carbonyl (C=O) groups excluding carboxylic acids is 1. The summed E-state index contributed by atoms with van der Waals surface area (Å²) < 4.78 is 11.4. The molecule has 1 spiro atoms. The minimum Gasteiger partial charge on any atom is -0.479 e. The number of hydrogen-bond donors (Lipinski definition) is 1. The highest BCUT2D eigenvalue weighted by molar-refractivity contribution is 5.78. The molecule has 1 atom stereocenters. The Morgan fingerprint density at radius 2 is 1.88 bits per heavy atom. The second-order valence-corrected chi connectivity index (χ2v) is 7.65. The van der Waals surface area contributed by atoms with Crippen LogP contribution < -0.4 is 0 Å². The first-order valence-corrected chi connectivity index (χ1v) is 9.20. The molecule has 1 unspecified atom stereocenters. The fraction of sp³-hybridized carbons (Fsp3) is 0.889. The lowest BCUT2D eigenvalue weighted by atomic mass is 10.0. The minimum atomic E-state index is -1.08. The Labute approximate surface area is 144 Å². The lowest BCUT2D eigenvalue weighted by Gasteiger charge is -2.39. The molecule has 138 valence electrons. The van der Waals surface area contributed by atoms with Crippen molar-refractivity contribution >= 4 is 12.1 Å². The van der Waals surface area contributed by atoms with Crippen LogP contribution >= 0.6 is 0 Å². The zero-order chi connectivity index (χ0) is 17.8. The minimum absolute atomic E-state index is 0.364. The second-order valence-electron chi connectivity index (χ2n) is 7.65. The maximum atomic E-state index is 12.8. The van der Waals surface area contributed by atoms with Gasteiger partial charge >= 0.3 is 12.1 Å². The molecule has 1 heterocycles. The maximum absolute atomic E-state index is 12.8. The van der Waals surface area contributed by atoms with Crippen LogP contribution in [0.2, 0.25) is 0 Å². The Kier molecular flexibility index (Phi) is 6.12. The van der Waals surface area contributed by atoms with Gasteiger partial charge in [0.2, 0.25) is 6.10 Å². The molecule has 0 bridgehead atoms. The molecule has 24 heavy (non-hydrogen) atoms. The van der Waals surface area contributed by atoms with Gasteiger partial charge in [0, 0.05) is 0 Å². The van der Waals surface area contributed by atoms with E-state index in [9.17, 15) is 14.7 Å². The number of amides is 1. The summed E-state index contributed by atoms with van der Waals surface area (Å²) >= 11 is 0. The topological polar surface area (TPSA) is 76.1 Å². The molecule has 6 nitrogen and oxygen atoms in total. The van der Waals surface area contributed by atoms with E-state index in [1.54, 1.807) is 4.90 Å². The van der Waals surface area contributed by atoms with E-state index >= 15 is 0 Å². The third-order valence-electron chi connectivity index (χ3n) is 5.11. The van der Waals surface area contributed by atoms with Gasteiger partial charge in [0.25, 0.3) is 0 Å². The predicted molar refractivity (Wildman–Crippen MR) is 89.7 cm³/mol. The highest BCUT2D eigenvalue weighted by Crippen LogP contribution is 2.46.